The van der Waals surface area contributed by atoms with Gasteiger partial charge in [-0.25, -0.2) is 0 Å². The molecule has 2 fully saturated rings. The minimum Gasteiger partial charge on any atom is -0.373 e. The van der Waals surface area contributed by atoms with Crippen LogP contribution in [0.25, 0.3) is 0 Å². The number of fused-ring (bicyclic) bond motifs is 1. The maximum Gasteiger partial charge on any atom is 0.270 e. The lowest BCUT2D eigenvalue weighted by Crippen LogP contribution is -2.44. The highest BCUT2D eigenvalue weighted by Crippen LogP contribution is 2.32. The van der Waals surface area contributed by atoms with Crippen LogP contribution >= 0.6 is 0 Å². The Morgan fingerprint density at radius 1 is 1.36 bits per heavy atom. The molecule has 0 radical (unpaired) electrons. The Kier molecular flexibility index (Phi) is 4.55. The number of aromatic nitrogens is 2. The summed E-state index contributed by atoms with van der Waals surface area (Å²) in [6, 6.07) is 7.75. The molecule has 2 saturated heterocycles. The quantitative estimate of drug-likeness (QED) is 0.854. The van der Waals surface area contributed by atoms with Crippen LogP contribution in [0.1, 0.15) is 28.9 Å². The van der Waals surface area contributed by atoms with E-state index in [2.05, 4.69) is 4.98 Å². The minimum absolute atomic E-state index is 0.0418. The molecule has 1 amide bonds. The van der Waals surface area contributed by atoms with E-state index in [0.29, 0.717) is 18.8 Å². The van der Waals surface area contributed by atoms with E-state index in [1.807, 2.05) is 47.0 Å². The van der Waals surface area contributed by atoms with E-state index < -0.39 is 0 Å². The van der Waals surface area contributed by atoms with Gasteiger partial charge in [-0.1, -0.05) is 0 Å². The average Bonchev–Trinajstić information content (AvgIpc) is 3.24. The van der Waals surface area contributed by atoms with Crippen LogP contribution in [0.4, 0.5) is 0 Å². The lowest BCUT2D eigenvalue weighted by atomic mass is 10.0. The molecule has 2 aromatic heterocycles. The van der Waals surface area contributed by atoms with Crippen LogP contribution in [0, 0.1) is 0 Å². The van der Waals surface area contributed by atoms with E-state index in [4.69, 9.17) is 9.47 Å². The van der Waals surface area contributed by atoms with Crippen LogP contribution in [0.2, 0.25) is 0 Å². The fraction of sp³-hybridized carbons (Fsp3) is 0.474. The molecule has 0 unspecified atom stereocenters. The van der Waals surface area contributed by atoms with Crippen molar-refractivity contribution in [2.45, 2.75) is 37.7 Å². The van der Waals surface area contributed by atoms with Crippen molar-refractivity contribution in [1.29, 1.82) is 0 Å². The summed E-state index contributed by atoms with van der Waals surface area (Å²) < 4.78 is 14.0. The van der Waals surface area contributed by atoms with Gasteiger partial charge in [0.25, 0.3) is 5.91 Å². The van der Waals surface area contributed by atoms with Gasteiger partial charge in [-0.05, 0) is 42.7 Å². The third-order valence-electron chi connectivity index (χ3n) is 5.11. The SMILES string of the molecule is Cn1cccc1C(=O)N1C[C@H](OCc2ccncc2)[C@H]2OCCC[C@H]21. The summed E-state index contributed by atoms with van der Waals surface area (Å²) in [6.45, 7) is 1.82. The van der Waals surface area contributed by atoms with Gasteiger partial charge in [-0.2, -0.15) is 0 Å². The number of pyridine rings is 1. The standard InChI is InChI=1S/C19H23N3O3/c1-21-10-2-4-16(21)19(23)22-12-17(18-15(22)5-3-11-24-18)25-13-14-6-8-20-9-7-14/h2,4,6-10,15,17-18H,3,5,11-13H2,1H3/t15-,17+,18+/m1/s1. The zero-order valence-corrected chi connectivity index (χ0v) is 14.4. The summed E-state index contributed by atoms with van der Waals surface area (Å²) in [5.41, 5.74) is 1.79. The van der Waals surface area contributed by atoms with Gasteiger partial charge >= 0.3 is 0 Å². The summed E-state index contributed by atoms with van der Waals surface area (Å²) >= 11 is 0. The van der Waals surface area contributed by atoms with Gasteiger partial charge in [0.1, 0.15) is 17.9 Å². The topological polar surface area (TPSA) is 56.6 Å². The normalized spacial score (nSPS) is 25.8. The average molecular weight is 341 g/mol. The molecule has 2 aliphatic heterocycles. The second kappa shape index (κ2) is 6.98. The molecule has 2 aromatic rings. The number of carbonyl (C=O) groups is 1. The van der Waals surface area contributed by atoms with Gasteiger partial charge in [0.05, 0.1) is 19.2 Å². The summed E-state index contributed by atoms with van der Waals surface area (Å²) in [5.74, 6) is 0.0583. The van der Waals surface area contributed by atoms with E-state index in [9.17, 15) is 4.79 Å². The fourth-order valence-electron chi connectivity index (χ4n) is 3.80. The summed E-state index contributed by atoms with van der Waals surface area (Å²) in [5, 5.41) is 0. The Hall–Kier alpha value is -2.18. The van der Waals surface area contributed by atoms with Crippen molar-refractivity contribution in [3.63, 3.8) is 0 Å². The molecule has 0 spiro atoms. The van der Waals surface area contributed by atoms with Crippen molar-refractivity contribution in [2.75, 3.05) is 13.2 Å². The molecule has 0 saturated carbocycles. The summed E-state index contributed by atoms with van der Waals surface area (Å²) in [6.07, 6.45) is 7.24. The Balaban J connectivity index is 1.49. The van der Waals surface area contributed by atoms with Gasteiger partial charge in [0, 0.05) is 32.2 Å². The lowest BCUT2D eigenvalue weighted by molar-refractivity contribution is -0.0809. The van der Waals surface area contributed by atoms with Crippen molar-refractivity contribution in [1.82, 2.24) is 14.5 Å². The lowest BCUT2D eigenvalue weighted by Gasteiger charge is -2.32. The second-order valence-corrected chi connectivity index (χ2v) is 6.71. The maximum absolute atomic E-state index is 13.0. The zero-order chi connectivity index (χ0) is 17.2. The largest absolute Gasteiger partial charge is 0.373 e. The molecule has 4 heterocycles. The number of hydrogen-bond acceptors (Lipinski definition) is 4. The number of nitrogens with zero attached hydrogens (tertiary/aromatic N) is 3. The summed E-state index contributed by atoms with van der Waals surface area (Å²) in [4.78, 5) is 19.0. The molecular formula is C19H23N3O3. The Labute approximate surface area is 147 Å². The Morgan fingerprint density at radius 3 is 2.96 bits per heavy atom. The first kappa shape index (κ1) is 16.3. The third-order valence-corrected chi connectivity index (χ3v) is 5.11. The van der Waals surface area contributed by atoms with Crippen LogP contribution in [-0.4, -0.2) is 51.8 Å². The Morgan fingerprint density at radius 2 is 2.20 bits per heavy atom. The number of rotatable bonds is 4. The van der Waals surface area contributed by atoms with Gasteiger partial charge in [-0.3, -0.25) is 9.78 Å². The predicted octanol–water partition coefficient (Wildman–Crippen LogP) is 2.01. The number of aryl methyl sites for hydroxylation is 1. The van der Waals surface area contributed by atoms with Crippen LogP contribution in [-0.2, 0) is 23.1 Å². The van der Waals surface area contributed by atoms with Gasteiger partial charge in [0.15, 0.2) is 0 Å². The summed E-state index contributed by atoms with van der Waals surface area (Å²) in [7, 11) is 1.90. The molecule has 2 aliphatic rings. The van der Waals surface area contributed by atoms with Crippen LogP contribution in [0.3, 0.4) is 0 Å². The number of carbonyl (C=O) groups excluding carboxylic acids is 1. The van der Waals surface area contributed by atoms with Crippen LogP contribution in [0.15, 0.2) is 42.9 Å². The zero-order valence-electron chi connectivity index (χ0n) is 14.4. The number of ether oxygens (including phenoxy) is 2. The molecule has 132 valence electrons. The molecule has 3 atom stereocenters. The molecule has 6 nitrogen and oxygen atoms in total. The minimum atomic E-state index is -0.0947. The number of likely N-dealkylation sites (tertiary alicyclic amines) is 1. The number of amides is 1. The van der Waals surface area contributed by atoms with Gasteiger partial charge in [-0.15, -0.1) is 0 Å². The first-order valence-corrected chi connectivity index (χ1v) is 8.78. The number of hydrogen-bond donors (Lipinski definition) is 0. The highest BCUT2D eigenvalue weighted by Gasteiger charge is 2.47. The van der Waals surface area contributed by atoms with Crippen LogP contribution < -0.4 is 0 Å². The maximum atomic E-state index is 13.0. The Bertz CT molecular complexity index is 731. The highest BCUT2D eigenvalue weighted by molar-refractivity contribution is 5.93. The van der Waals surface area contributed by atoms with Crippen molar-refractivity contribution >= 4 is 5.91 Å². The van der Waals surface area contributed by atoms with Gasteiger partial charge < -0.3 is 18.9 Å². The molecule has 0 N–H and O–H groups in total. The van der Waals surface area contributed by atoms with E-state index in [-0.39, 0.29) is 24.2 Å². The van der Waals surface area contributed by atoms with Crippen molar-refractivity contribution in [3.05, 3.63) is 54.1 Å². The first-order valence-electron chi connectivity index (χ1n) is 8.78. The van der Waals surface area contributed by atoms with Crippen LogP contribution in [0.5, 0.6) is 0 Å². The monoisotopic (exact) mass is 341 g/mol. The molecule has 25 heavy (non-hydrogen) atoms. The smallest absolute Gasteiger partial charge is 0.270 e. The molecule has 0 aliphatic carbocycles. The van der Waals surface area contributed by atoms with Crippen molar-refractivity contribution in [2.24, 2.45) is 7.05 Å². The van der Waals surface area contributed by atoms with E-state index in [1.165, 1.54) is 0 Å². The van der Waals surface area contributed by atoms with E-state index in [1.54, 1.807) is 12.4 Å². The van der Waals surface area contributed by atoms with E-state index >= 15 is 0 Å². The van der Waals surface area contributed by atoms with E-state index in [0.717, 1.165) is 25.0 Å². The predicted molar refractivity (Wildman–Crippen MR) is 92.0 cm³/mol. The third kappa shape index (κ3) is 3.19. The second-order valence-electron chi connectivity index (χ2n) is 6.71. The fourth-order valence-corrected chi connectivity index (χ4v) is 3.80. The van der Waals surface area contributed by atoms with Gasteiger partial charge in [0.2, 0.25) is 0 Å². The molecule has 4 rings (SSSR count). The first-order chi connectivity index (χ1) is 12.2. The van der Waals surface area contributed by atoms with Crippen molar-refractivity contribution < 1.29 is 14.3 Å². The van der Waals surface area contributed by atoms with Crippen molar-refractivity contribution in [3.8, 4) is 0 Å². The molecule has 6 heteroatoms. The molecule has 0 aromatic carbocycles. The molecular weight excluding hydrogens is 318 g/mol. The highest BCUT2D eigenvalue weighted by atomic mass is 16.5. The molecule has 0 bridgehead atoms.